The summed E-state index contributed by atoms with van der Waals surface area (Å²) in [6.07, 6.45) is 6.98. The van der Waals surface area contributed by atoms with Crippen LogP contribution < -0.4 is 10.4 Å². The van der Waals surface area contributed by atoms with E-state index in [1.807, 2.05) is 6.07 Å². The van der Waals surface area contributed by atoms with E-state index in [1.165, 1.54) is 100 Å². The summed E-state index contributed by atoms with van der Waals surface area (Å²) in [5.41, 5.74) is 14.2. The van der Waals surface area contributed by atoms with Gasteiger partial charge in [-0.15, -0.1) is 74.6 Å². The van der Waals surface area contributed by atoms with Crippen LogP contribution in [0.1, 0.15) is 76.6 Å². The zero-order valence-corrected chi connectivity index (χ0v) is 38.8. The third kappa shape index (κ3) is 10.3. The van der Waals surface area contributed by atoms with E-state index in [0.29, 0.717) is 11.8 Å². The molecule has 0 fully saturated rings. The quantitative estimate of drug-likeness (QED) is 0.0950. The Labute approximate surface area is 370 Å². The van der Waals surface area contributed by atoms with Crippen LogP contribution in [-0.4, -0.2) is 9.52 Å². The molecule has 0 aliphatic carbocycles. The first kappa shape index (κ1) is 43.2. The first-order valence-corrected chi connectivity index (χ1v) is 22.2. The van der Waals surface area contributed by atoms with Crippen molar-refractivity contribution in [2.75, 3.05) is 0 Å². The first-order chi connectivity index (χ1) is 27.8. The van der Waals surface area contributed by atoms with Crippen LogP contribution in [0.5, 0.6) is 0 Å². The van der Waals surface area contributed by atoms with Crippen LogP contribution in [0.2, 0.25) is 0 Å². The summed E-state index contributed by atoms with van der Waals surface area (Å²) < 4.78 is 0. The van der Waals surface area contributed by atoms with Crippen molar-refractivity contribution in [2.45, 2.75) is 80.1 Å². The average Bonchev–Trinajstić information content (AvgIpc) is 3.93. The van der Waals surface area contributed by atoms with E-state index in [9.17, 15) is 0 Å². The fraction of sp³-hybridized carbons (Fsp3) is 0.250. The maximum atomic E-state index is 3.31. The molecule has 0 atom stereocenters. The molecule has 58 heavy (non-hydrogen) atoms. The summed E-state index contributed by atoms with van der Waals surface area (Å²) in [6, 6.07) is 58.8. The van der Waals surface area contributed by atoms with Crippen LogP contribution in [0.3, 0.4) is 0 Å². The van der Waals surface area contributed by atoms with E-state index in [0.717, 1.165) is 35.2 Å². The molecule has 0 amide bonds. The topological polar surface area (TPSA) is 0 Å². The molecule has 0 aromatic heterocycles. The molecule has 289 valence electrons. The van der Waals surface area contributed by atoms with Gasteiger partial charge in [0, 0.05) is 0 Å². The molecule has 9 rings (SSSR count). The standard InChI is InChI=1S/2C22H25.C12H7Si.Zr/c2*1-4-8-18-9-5-6-11-20(18)21-12-7-10-19-14-17(13-16(2)3)15-22(19)21;1-3-7-11-9(5-1)10-6-2-4-8-12(10)13-11;/h2*5-7,9-12,14-16H,4,8,13H2,1-3H3;1-7H;/q3*-1;+3. The smallest absolute Gasteiger partial charge is 0.184 e. The number of hydrogen-bond acceptors (Lipinski definition) is 0. The van der Waals surface area contributed by atoms with Crippen LogP contribution in [0.15, 0.2) is 152 Å². The fourth-order valence-corrected chi connectivity index (χ4v) is 9.82. The van der Waals surface area contributed by atoms with Gasteiger partial charge in [-0.05, 0) is 59.8 Å². The SMILES string of the molecule is CCCc1ccccc1-c1cccc2[cH-]c(CC(C)C)cc12.CCCc1ccccc1-c1cccc2[cH-]c(CC(C)C)cc12.[Zr+3].[c-]1cccc2c1[Si]c1ccccc1-2. The van der Waals surface area contributed by atoms with Crippen molar-refractivity contribution in [1.29, 1.82) is 0 Å². The number of benzene rings is 6. The van der Waals surface area contributed by atoms with E-state index in [-0.39, 0.29) is 26.2 Å². The first-order valence-electron chi connectivity index (χ1n) is 21.2. The molecule has 0 spiro atoms. The largest absolute Gasteiger partial charge is 3.00 e. The second-order valence-electron chi connectivity index (χ2n) is 16.5. The molecule has 1 aliphatic heterocycles. The Hall–Kier alpha value is -4.36. The number of hydrogen-bond donors (Lipinski definition) is 0. The second-order valence-corrected chi connectivity index (χ2v) is 17.8. The molecule has 0 saturated heterocycles. The van der Waals surface area contributed by atoms with Crippen molar-refractivity contribution in [1.82, 2.24) is 0 Å². The van der Waals surface area contributed by atoms with Crippen LogP contribution in [0, 0.1) is 17.9 Å². The van der Waals surface area contributed by atoms with Gasteiger partial charge in [0.05, 0.1) is 9.52 Å². The van der Waals surface area contributed by atoms with Crippen LogP contribution in [0.25, 0.3) is 54.9 Å². The van der Waals surface area contributed by atoms with Crippen molar-refractivity contribution in [2.24, 2.45) is 11.8 Å². The molecule has 0 bridgehead atoms. The Balaban J connectivity index is 0.000000150. The van der Waals surface area contributed by atoms with Gasteiger partial charge in [-0.2, -0.15) is 41.6 Å². The van der Waals surface area contributed by atoms with Gasteiger partial charge in [-0.3, -0.25) is 0 Å². The predicted molar refractivity (Wildman–Crippen MR) is 251 cm³/mol. The Morgan fingerprint density at radius 1 is 0.500 bits per heavy atom. The van der Waals surface area contributed by atoms with Crippen molar-refractivity contribution >= 4 is 41.4 Å². The maximum absolute atomic E-state index is 3.31. The molecule has 0 saturated carbocycles. The molecule has 2 heteroatoms. The Kier molecular flexibility index (Phi) is 15.3. The Morgan fingerprint density at radius 2 is 0.948 bits per heavy atom. The zero-order valence-electron chi connectivity index (χ0n) is 35.3. The van der Waals surface area contributed by atoms with Crippen molar-refractivity contribution in [3.05, 3.63) is 180 Å². The number of fused-ring (bicyclic) bond motifs is 5. The fourth-order valence-electron chi connectivity index (χ4n) is 8.51. The minimum Gasteiger partial charge on any atom is -0.184 e. The second kappa shape index (κ2) is 20.6. The molecule has 1 heterocycles. The van der Waals surface area contributed by atoms with Gasteiger partial charge >= 0.3 is 26.2 Å². The average molecular weight is 849 g/mol. The molecule has 0 nitrogen and oxygen atoms in total. The molecular formula is C56H57SiZr. The zero-order chi connectivity index (χ0) is 39.7. The van der Waals surface area contributed by atoms with E-state index in [4.69, 9.17) is 0 Å². The normalized spacial score (nSPS) is 11.4. The van der Waals surface area contributed by atoms with Crippen molar-refractivity contribution in [3.8, 4) is 33.4 Å². The summed E-state index contributed by atoms with van der Waals surface area (Å²) in [4.78, 5) is 0. The molecule has 8 aromatic carbocycles. The summed E-state index contributed by atoms with van der Waals surface area (Å²) >= 11 is 0. The summed E-state index contributed by atoms with van der Waals surface area (Å²) in [7, 11) is 0.795. The van der Waals surface area contributed by atoms with E-state index in [2.05, 4.69) is 193 Å². The molecular weight excluding hydrogens is 792 g/mol. The summed E-state index contributed by atoms with van der Waals surface area (Å²) in [5.74, 6) is 1.40. The maximum Gasteiger partial charge on any atom is 3.00 e. The Morgan fingerprint density at radius 3 is 1.45 bits per heavy atom. The van der Waals surface area contributed by atoms with E-state index in [1.54, 1.807) is 0 Å². The van der Waals surface area contributed by atoms with Gasteiger partial charge in [-0.25, -0.2) is 0 Å². The number of aryl methyl sites for hydroxylation is 2. The van der Waals surface area contributed by atoms with Gasteiger partial charge in [0.15, 0.2) is 0 Å². The van der Waals surface area contributed by atoms with Gasteiger partial charge in [0.2, 0.25) is 0 Å². The number of rotatable bonds is 10. The van der Waals surface area contributed by atoms with Crippen molar-refractivity contribution in [3.63, 3.8) is 0 Å². The van der Waals surface area contributed by atoms with Gasteiger partial charge in [0.25, 0.3) is 0 Å². The third-order valence-corrected chi connectivity index (χ3v) is 12.3. The molecule has 3 radical (unpaired) electrons. The molecule has 8 aromatic rings. The summed E-state index contributed by atoms with van der Waals surface area (Å²) in [5, 5.41) is 8.38. The molecule has 0 N–H and O–H groups in total. The van der Waals surface area contributed by atoms with Gasteiger partial charge in [0.1, 0.15) is 0 Å². The minimum atomic E-state index is 0. The van der Waals surface area contributed by atoms with Gasteiger partial charge < -0.3 is 0 Å². The molecule has 0 unspecified atom stereocenters. The Bertz CT molecular complexity index is 2370. The van der Waals surface area contributed by atoms with Crippen molar-refractivity contribution < 1.29 is 26.2 Å². The van der Waals surface area contributed by atoms with E-state index < -0.39 is 0 Å². The minimum absolute atomic E-state index is 0. The van der Waals surface area contributed by atoms with E-state index >= 15 is 0 Å². The molecule has 1 aliphatic rings. The van der Waals surface area contributed by atoms with Crippen LogP contribution in [-0.2, 0) is 51.9 Å². The third-order valence-electron chi connectivity index (χ3n) is 10.9. The van der Waals surface area contributed by atoms with Gasteiger partial charge in [-0.1, -0.05) is 161 Å². The van der Waals surface area contributed by atoms with Crippen LogP contribution in [0.4, 0.5) is 0 Å². The monoisotopic (exact) mass is 847 g/mol. The summed E-state index contributed by atoms with van der Waals surface area (Å²) in [6.45, 7) is 13.6. The van der Waals surface area contributed by atoms with Crippen LogP contribution >= 0.6 is 0 Å². The predicted octanol–water partition coefficient (Wildman–Crippen LogP) is 13.9.